The molecule has 0 radical (unpaired) electrons. The van der Waals surface area contributed by atoms with Crippen LogP contribution in [0.25, 0.3) is 10.8 Å². The normalized spacial score (nSPS) is 22.8. The van der Waals surface area contributed by atoms with Crippen LogP contribution in [0.1, 0.15) is 24.0 Å². The van der Waals surface area contributed by atoms with Crippen LogP contribution >= 0.6 is 0 Å². The van der Waals surface area contributed by atoms with Gasteiger partial charge in [0.1, 0.15) is 6.04 Å². The van der Waals surface area contributed by atoms with Crippen molar-refractivity contribution < 1.29 is 15.0 Å². The molecule has 4 nitrogen and oxygen atoms in total. The molecule has 0 amide bonds. The summed E-state index contributed by atoms with van der Waals surface area (Å²) in [4.78, 5) is 13.5. The van der Waals surface area contributed by atoms with E-state index in [1.807, 2.05) is 17.0 Å². The van der Waals surface area contributed by atoms with Crippen LogP contribution in [0.3, 0.4) is 0 Å². The van der Waals surface area contributed by atoms with Crippen LogP contribution in [0.15, 0.2) is 36.4 Å². The van der Waals surface area contributed by atoms with Gasteiger partial charge in [-0.3, -0.25) is 9.69 Å². The molecule has 1 aliphatic heterocycles. The number of carboxylic acids is 1. The van der Waals surface area contributed by atoms with Gasteiger partial charge in [0.15, 0.2) is 0 Å². The van der Waals surface area contributed by atoms with E-state index in [4.69, 9.17) is 0 Å². The van der Waals surface area contributed by atoms with Crippen molar-refractivity contribution in [1.29, 1.82) is 0 Å². The molecule has 2 N–H and O–H groups in total. The molecule has 0 unspecified atom stereocenters. The predicted octanol–water partition coefficient (Wildman–Crippen LogP) is 2.56. The average Bonchev–Trinajstić information content (AvgIpc) is 2.51. The lowest BCUT2D eigenvalue weighted by Gasteiger charge is -2.35. The van der Waals surface area contributed by atoms with Gasteiger partial charge < -0.3 is 10.2 Å². The van der Waals surface area contributed by atoms with E-state index >= 15 is 0 Å². The molecule has 2 aromatic rings. The van der Waals surface area contributed by atoms with Gasteiger partial charge in [0.2, 0.25) is 0 Å². The highest BCUT2D eigenvalue weighted by molar-refractivity contribution is 5.86. The zero-order valence-electron chi connectivity index (χ0n) is 12.7. The predicted molar refractivity (Wildman–Crippen MR) is 85.8 cm³/mol. The molecule has 0 bridgehead atoms. The first-order chi connectivity index (χ1) is 10.6. The molecule has 116 valence electrons. The molecule has 2 aromatic carbocycles. The average molecular weight is 299 g/mol. The van der Waals surface area contributed by atoms with E-state index in [1.165, 1.54) is 21.9 Å². The molecule has 1 saturated heterocycles. The summed E-state index contributed by atoms with van der Waals surface area (Å²) >= 11 is 0. The standard InChI is InChI=1S/C18H21NO3/c1-12-6-7-13-4-2-3-5-15(13)16(12)11-19-9-8-14(20)10-17(19)18(21)22/h2-7,14,17,20H,8-11H2,1H3,(H,21,22)/t14-,17+/m1/s1. The number of hydrogen-bond acceptors (Lipinski definition) is 3. The fourth-order valence-corrected chi connectivity index (χ4v) is 3.30. The molecule has 22 heavy (non-hydrogen) atoms. The van der Waals surface area contributed by atoms with E-state index in [1.54, 1.807) is 0 Å². The van der Waals surface area contributed by atoms with Crippen LogP contribution in [-0.4, -0.2) is 39.8 Å². The van der Waals surface area contributed by atoms with Crippen molar-refractivity contribution in [2.24, 2.45) is 0 Å². The van der Waals surface area contributed by atoms with Gasteiger partial charge in [0.25, 0.3) is 0 Å². The summed E-state index contributed by atoms with van der Waals surface area (Å²) in [5, 5.41) is 21.5. The molecule has 0 saturated carbocycles. The van der Waals surface area contributed by atoms with Crippen LogP contribution in [0.2, 0.25) is 0 Å². The minimum atomic E-state index is -0.850. The molecular weight excluding hydrogens is 278 g/mol. The molecular formula is C18H21NO3. The molecule has 1 heterocycles. The number of hydrogen-bond donors (Lipinski definition) is 2. The van der Waals surface area contributed by atoms with Gasteiger partial charge in [-0.05, 0) is 41.7 Å². The van der Waals surface area contributed by atoms with Gasteiger partial charge in [-0.15, -0.1) is 0 Å². The van der Waals surface area contributed by atoms with E-state index in [0.717, 1.165) is 0 Å². The monoisotopic (exact) mass is 299 g/mol. The smallest absolute Gasteiger partial charge is 0.321 e. The van der Waals surface area contributed by atoms with Crippen LogP contribution in [0, 0.1) is 6.92 Å². The number of piperidine rings is 1. The number of likely N-dealkylation sites (tertiary alicyclic amines) is 1. The first kappa shape index (κ1) is 15.0. The second kappa shape index (κ2) is 6.07. The topological polar surface area (TPSA) is 60.8 Å². The fraction of sp³-hybridized carbons (Fsp3) is 0.389. The molecule has 4 heteroatoms. The Balaban J connectivity index is 1.95. The Morgan fingerprint density at radius 2 is 2.05 bits per heavy atom. The Kier molecular flexibility index (Phi) is 4.14. The largest absolute Gasteiger partial charge is 0.480 e. The summed E-state index contributed by atoms with van der Waals surface area (Å²) in [6.45, 7) is 3.29. The molecule has 1 fully saturated rings. The first-order valence-electron chi connectivity index (χ1n) is 7.68. The maximum Gasteiger partial charge on any atom is 0.321 e. The number of aliphatic carboxylic acids is 1. The number of carboxylic acid groups (broad SMARTS) is 1. The highest BCUT2D eigenvalue weighted by Gasteiger charge is 2.32. The number of nitrogens with zero attached hydrogens (tertiary/aromatic N) is 1. The second-order valence-electron chi connectivity index (χ2n) is 6.08. The molecule has 0 aromatic heterocycles. The highest BCUT2D eigenvalue weighted by Crippen LogP contribution is 2.27. The summed E-state index contributed by atoms with van der Waals surface area (Å²) in [6, 6.07) is 11.8. The van der Waals surface area contributed by atoms with Gasteiger partial charge in [-0.1, -0.05) is 36.4 Å². The third-order valence-electron chi connectivity index (χ3n) is 4.61. The summed E-state index contributed by atoms with van der Waals surface area (Å²) in [5.74, 6) is -0.850. The van der Waals surface area contributed by atoms with E-state index in [2.05, 4.69) is 31.2 Å². The lowest BCUT2D eigenvalue weighted by Crippen LogP contribution is -2.48. The van der Waals surface area contributed by atoms with Gasteiger partial charge in [0.05, 0.1) is 6.10 Å². The van der Waals surface area contributed by atoms with Crippen molar-refractivity contribution in [3.63, 3.8) is 0 Å². The Hall–Kier alpha value is -1.91. The fourth-order valence-electron chi connectivity index (χ4n) is 3.30. The first-order valence-corrected chi connectivity index (χ1v) is 7.68. The minimum Gasteiger partial charge on any atom is -0.480 e. The third kappa shape index (κ3) is 2.85. The molecule has 0 aliphatic carbocycles. The minimum absolute atomic E-state index is 0.305. The van der Waals surface area contributed by atoms with Crippen molar-refractivity contribution in [3.8, 4) is 0 Å². The Morgan fingerprint density at radius 1 is 1.27 bits per heavy atom. The van der Waals surface area contributed by atoms with Crippen molar-refractivity contribution in [3.05, 3.63) is 47.5 Å². The maximum atomic E-state index is 11.5. The molecule has 0 spiro atoms. The van der Waals surface area contributed by atoms with Crippen LogP contribution in [0.5, 0.6) is 0 Å². The van der Waals surface area contributed by atoms with E-state index in [9.17, 15) is 15.0 Å². The number of aryl methyl sites for hydroxylation is 1. The summed E-state index contributed by atoms with van der Waals surface area (Å²) in [5.41, 5.74) is 2.36. The molecule has 3 rings (SSSR count). The van der Waals surface area contributed by atoms with Crippen molar-refractivity contribution in [2.45, 2.75) is 38.5 Å². The number of carbonyl (C=O) groups is 1. The number of fused-ring (bicyclic) bond motifs is 1. The van der Waals surface area contributed by atoms with Crippen molar-refractivity contribution >= 4 is 16.7 Å². The van der Waals surface area contributed by atoms with Crippen molar-refractivity contribution in [2.75, 3.05) is 6.54 Å². The number of aliphatic hydroxyl groups excluding tert-OH is 1. The number of rotatable bonds is 3. The van der Waals surface area contributed by atoms with Gasteiger partial charge >= 0.3 is 5.97 Å². The van der Waals surface area contributed by atoms with Gasteiger partial charge in [0, 0.05) is 13.1 Å². The highest BCUT2D eigenvalue weighted by atomic mass is 16.4. The zero-order chi connectivity index (χ0) is 15.7. The Morgan fingerprint density at radius 3 is 2.82 bits per heavy atom. The number of benzene rings is 2. The Bertz CT molecular complexity index is 698. The number of aliphatic hydroxyl groups is 1. The van der Waals surface area contributed by atoms with Crippen LogP contribution < -0.4 is 0 Å². The van der Waals surface area contributed by atoms with Crippen LogP contribution in [0.4, 0.5) is 0 Å². The van der Waals surface area contributed by atoms with E-state index in [-0.39, 0.29) is 0 Å². The third-order valence-corrected chi connectivity index (χ3v) is 4.61. The quantitative estimate of drug-likeness (QED) is 0.914. The second-order valence-corrected chi connectivity index (χ2v) is 6.08. The van der Waals surface area contributed by atoms with Gasteiger partial charge in [-0.25, -0.2) is 0 Å². The summed E-state index contributed by atoms with van der Waals surface area (Å²) in [6.07, 6.45) is 0.429. The van der Waals surface area contributed by atoms with Crippen LogP contribution in [-0.2, 0) is 11.3 Å². The van der Waals surface area contributed by atoms with E-state index < -0.39 is 18.1 Å². The SMILES string of the molecule is Cc1ccc2ccccc2c1CN1CC[C@@H](O)C[C@H]1C(=O)O. The maximum absolute atomic E-state index is 11.5. The van der Waals surface area contributed by atoms with Gasteiger partial charge in [-0.2, -0.15) is 0 Å². The zero-order valence-corrected chi connectivity index (χ0v) is 12.7. The molecule has 1 aliphatic rings. The molecule has 2 atom stereocenters. The van der Waals surface area contributed by atoms with Crippen molar-refractivity contribution in [1.82, 2.24) is 4.90 Å². The lowest BCUT2D eigenvalue weighted by molar-refractivity contribution is -0.146. The van der Waals surface area contributed by atoms with E-state index in [0.29, 0.717) is 25.9 Å². The summed E-state index contributed by atoms with van der Waals surface area (Å²) < 4.78 is 0. The summed E-state index contributed by atoms with van der Waals surface area (Å²) in [7, 11) is 0. The Labute approximate surface area is 130 Å². The lowest BCUT2D eigenvalue weighted by atomic mass is 9.95.